The van der Waals surface area contributed by atoms with Crippen LogP contribution in [0.5, 0.6) is 0 Å². The zero-order valence-electron chi connectivity index (χ0n) is 18.4. The Morgan fingerprint density at radius 2 is 1.54 bits per heavy atom. The highest BCUT2D eigenvalue weighted by Gasteiger charge is 2.21. The molecule has 0 amide bonds. The maximum Gasteiger partial charge on any atom is 0.196 e. The number of benzene rings is 3. The van der Waals surface area contributed by atoms with Crippen LogP contribution in [0.1, 0.15) is 11.4 Å². The van der Waals surface area contributed by atoms with Crippen LogP contribution in [0.2, 0.25) is 15.1 Å². The third kappa shape index (κ3) is 4.93. The van der Waals surface area contributed by atoms with Gasteiger partial charge in [-0.15, -0.1) is 22.0 Å². The van der Waals surface area contributed by atoms with Gasteiger partial charge in [0.2, 0.25) is 0 Å². The van der Waals surface area contributed by atoms with E-state index in [0.29, 0.717) is 43.8 Å². The molecular weight excluding hydrogens is 546 g/mol. The average Bonchev–Trinajstić information content (AvgIpc) is 3.39. The molecule has 0 saturated heterocycles. The molecule has 0 saturated carbocycles. The summed E-state index contributed by atoms with van der Waals surface area (Å²) >= 11 is 22.1. The van der Waals surface area contributed by atoms with Crippen molar-refractivity contribution in [2.45, 2.75) is 21.6 Å². The maximum absolute atomic E-state index is 14.5. The Bertz CT molecular complexity index is 1510. The molecule has 2 heterocycles. The summed E-state index contributed by atoms with van der Waals surface area (Å²) in [5.74, 6) is 1.11. The summed E-state index contributed by atoms with van der Waals surface area (Å²) in [4.78, 5) is 1.14. The van der Waals surface area contributed by atoms with Crippen molar-refractivity contribution in [2.24, 2.45) is 7.05 Å². The van der Waals surface area contributed by atoms with E-state index in [9.17, 15) is 4.39 Å². The van der Waals surface area contributed by atoms with Gasteiger partial charge in [0.05, 0.1) is 26.5 Å². The lowest BCUT2D eigenvalue weighted by molar-refractivity contribution is 0.617. The van der Waals surface area contributed by atoms with E-state index in [0.717, 1.165) is 10.4 Å². The summed E-state index contributed by atoms with van der Waals surface area (Å²) in [6.07, 6.45) is 2.11. The fourth-order valence-corrected chi connectivity index (χ4v) is 6.50. The Morgan fingerprint density at radius 1 is 0.829 bits per heavy atom. The highest BCUT2D eigenvalue weighted by atomic mass is 35.5. The van der Waals surface area contributed by atoms with Crippen molar-refractivity contribution < 1.29 is 4.39 Å². The minimum atomic E-state index is -0.435. The number of hydrogen-bond acceptors (Lipinski definition) is 4. The molecule has 0 aliphatic heterocycles. The molecule has 0 radical (unpaired) electrons. The van der Waals surface area contributed by atoms with Crippen molar-refractivity contribution in [3.8, 4) is 5.69 Å². The van der Waals surface area contributed by atoms with Gasteiger partial charge in [-0.05, 0) is 29.8 Å². The van der Waals surface area contributed by atoms with E-state index in [-0.39, 0.29) is 5.02 Å². The normalized spacial score (nSPS) is 11.5. The number of nitrogens with zero attached hydrogens (tertiary/aromatic N) is 4. The summed E-state index contributed by atoms with van der Waals surface area (Å²) in [5.41, 5.74) is 2.24. The molecule has 3 aromatic carbocycles. The quantitative estimate of drug-likeness (QED) is 0.186. The second kappa shape index (κ2) is 10.4. The number of fused-ring (bicyclic) bond motifs is 1. The summed E-state index contributed by atoms with van der Waals surface area (Å²) in [6, 6.07) is 18.5. The van der Waals surface area contributed by atoms with Gasteiger partial charge >= 0.3 is 0 Å². The maximum atomic E-state index is 14.5. The second-order valence-electron chi connectivity index (χ2n) is 7.72. The predicted molar refractivity (Wildman–Crippen MR) is 145 cm³/mol. The van der Waals surface area contributed by atoms with Crippen LogP contribution in [-0.4, -0.2) is 19.3 Å². The van der Waals surface area contributed by atoms with Crippen LogP contribution in [0, 0.1) is 5.82 Å². The lowest BCUT2D eigenvalue weighted by atomic mass is 10.2. The molecule has 0 unspecified atom stereocenters. The van der Waals surface area contributed by atoms with Crippen LogP contribution in [0.3, 0.4) is 0 Å². The zero-order chi connectivity index (χ0) is 24.5. The van der Waals surface area contributed by atoms with Crippen LogP contribution >= 0.6 is 58.3 Å². The number of hydrogen-bond donors (Lipinski definition) is 0. The smallest absolute Gasteiger partial charge is 0.196 e. The molecule has 0 N–H and O–H groups in total. The summed E-state index contributed by atoms with van der Waals surface area (Å²) in [6.45, 7) is 0. The molecule has 0 bridgehead atoms. The van der Waals surface area contributed by atoms with E-state index in [2.05, 4.69) is 33.1 Å². The highest BCUT2D eigenvalue weighted by molar-refractivity contribution is 7.99. The van der Waals surface area contributed by atoms with Gasteiger partial charge < -0.3 is 4.57 Å². The Morgan fingerprint density at radius 3 is 2.34 bits per heavy atom. The molecule has 0 aliphatic rings. The summed E-state index contributed by atoms with van der Waals surface area (Å²) < 4.78 is 18.4. The van der Waals surface area contributed by atoms with Crippen molar-refractivity contribution in [3.63, 3.8) is 0 Å². The van der Waals surface area contributed by atoms with Crippen LogP contribution in [-0.2, 0) is 18.6 Å². The van der Waals surface area contributed by atoms with Crippen molar-refractivity contribution in [2.75, 3.05) is 0 Å². The standard InChI is InChI=1S/C25H18Cl3FN4S2/c1-32-12-21(16-7-2-3-11-20(16)32)34-14-22-30-31-25(33(22)24-18(27)9-5-10-19(24)28)35-13-15-6-4-8-17(26)23(15)29/h2-12H,13-14H2,1H3. The number of halogens is 4. The lowest BCUT2D eigenvalue weighted by Gasteiger charge is -2.13. The number of rotatable bonds is 7. The monoisotopic (exact) mass is 562 g/mol. The van der Waals surface area contributed by atoms with E-state index >= 15 is 0 Å². The van der Waals surface area contributed by atoms with E-state index in [1.807, 2.05) is 23.7 Å². The topological polar surface area (TPSA) is 35.6 Å². The molecule has 4 nitrogen and oxygen atoms in total. The molecule has 178 valence electrons. The fourth-order valence-electron chi connectivity index (χ4n) is 3.78. The molecule has 0 atom stereocenters. The summed E-state index contributed by atoms with van der Waals surface area (Å²) in [7, 11) is 2.03. The predicted octanol–water partition coefficient (Wildman–Crippen LogP) is 8.44. The second-order valence-corrected chi connectivity index (χ2v) is 10.9. The minimum absolute atomic E-state index is 0.0888. The zero-order valence-corrected chi connectivity index (χ0v) is 22.3. The number of para-hydroxylation sites is 2. The van der Waals surface area contributed by atoms with Crippen molar-refractivity contribution in [1.82, 2.24) is 19.3 Å². The number of aromatic nitrogens is 4. The molecule has 2 aromatic heterocycles. The molecule has 0 fully saturated rings. The van der Waals surface area contributed by atoms with E-state index in [1.54, 1.807) is 42.1 Å². The Kier molecular flexibility index (Phi) is 7.32. The van der Waals surface area contributed by atoms with E-state index < -0.39 is 5.82 Å². The van der Waals surface area contributed by atoms with Crippen LogP contribution in [0.4, 0.5) is 4.39 Å². The molecule has 0 spiro atoms. The highest BCUT2D eigenvalue weighted by Crippen LogP contribution is 2.37. The van der Waals surface area contributed by atoms with Gasteiger partial charge in [0.25, 0.3) is 0 Å². The fraction of sp³-hybridized carbons (Fsp3) is 0.120. The van der Waals surface area contributed by atoms with Crippen LogP contribution < -0.4 is 0 Å². The Hall–Kier alpha value is -2.16. The van der Waals surface area contributed by atoms with Gasteiger partial charge in [-0.25, -0.2) is 4.39 Å². The number of aryl methyl sites for hydroxylation is 1. The molecule has 5 aromatic rings. The van der Waals surface area contributed by atoms with Crippen molar-refractivity contribution >= 4 is 69.2 Å². The Labute approximate surface area is 225 Å². The van der Waals surface area contributed by atoms with Gasteiger partial charge in [0, 0.05) is 34.8 Å². The molecule has 10 heteroatoms. The van der Waals surface area contributed by atoms with Gasteiger partial charge in [-0.2, -0.15) is 0 Å². The third-order valence-corrected chi connectivity index (χ3v) is 8.39. The molecule has 35 heavy (non-hydrogen) atoms. The van der Waals surface area contributed by atoms with Gasteiger partial charge in [0.15, 0.2) is 5.16 Å². The Balaban J connectivity index is 1.50. The molecule has 0 aliphatic carbocycles. The first-order valence-electron chi connectivity index (χ1n) is 10.5. The lowest BCUT2D eigenvalue weighted by Crippen LogP contribution is -2.04. The van der Waals surface area contributed by atoms with E-state index in [1.165, 1.54) is 23.2 Å². The summed E-state index contributed by atoms with van der Waals surface area (Å²) in [5, 5.41) is 11.6. The van der Waals surface area contributed by atoms with Gasteiger partial charge in [-0.1, -0.05) is 83.0 Å². The third-order valence-electron chi connectivity index (χ3n) is 5.47. The SMILES string of the molecule is Cn1cc(SCc2nnc(SCc3cccc(Cl)c3F)n2-c2c(Cl)cccc2Cl)c2ccccc21. The largest absolute Gasteiger partial charge is 0.349 e. The van der Waals surface area contributed by atoms with Crippen LogP contribution in [0.25, 0.3) is 16.6 Å². The molecular formula is C25H18Cl3FN4S2. The van der Waals surface area contributed by atoms with Crippen molar-refractivity contribution in [1.29, 1.82) is 0 Å². The van der Waals surface area contributed by atoms with E-state index in [4.69, 9.17) is 34.8 Å². The van der Waals surface area contributed by atoms with Gasteiger partial charge in [0.1, 0.15) is 11.6 Å². The molecule has 5 rings (SSSR count). The first-order chi connectivity index (χ1) is 16.9. The van der Waals surface area contributed by atoms with Crippen molar-refractivity contribution in [3.05, 3.63) is 99.1 Å². The average molecular weight is 564 g/mol. The first-order valence-corrected chi connectivity index (χ1v) is 13.7. The minimum Gasteiger partial charge on any atom is -0.349 e. The first kappa shape index (κ1) is 24.5. The van der Waals surface area contributed by atoms with Gasteiger partial charge in [-0.3, -0.25) is 4.57 Å². The van der Waals surface area contributed by atoms with Crippen LogP contribution in [0.15, 0.2) is 76.9 Å². The number of thioether (sulfide) groups is 2.